The van der Waals surface area contributed by atoms with E-state index >= 15 is 0 Å². The fourth-order valence-corrected chi connectivity index (χ4v) is 0.471. The molecule has 4 nitrogen and oxygen atoms in total. The van der Waals surface area contributed by atoms with E-state index in [4.69, 9.17) is 0 Å². The maximum Gasteiger partial charge on any atom is 0.431 e. The van der Waals surface area contributed by atoms with Gasteiger partial charge in [0.25, 0.3) is 0 Å². The van der Waals surface area contributed by atoms with Crippen molar-refractivity contribution in [3.8, 4) is 0 Å². The molecule has 0 aromatic carbocycles. The van der Waals surface area contributed by atoms with Gasteiger partial charge in [0.2, 0.25) is 0 Å². The van der Waals surface area contributed by atoms with Crippen molar-refractivity contribution in [1.82, 2.24) is 5.48 Å². The smallest absolute Gasteiger partial charge is 0.431 e. The van der Waals surface area contributed by atoms with Gasteiger partial charge in [-0.05, 0) is 6.42 Å². The van der Waals surface area contributed by atoms with Crippen molar-refractivity contribution in [2.24, 2.45) is 0 Å². The van der Waals surface area contributed by atoms with Gasteiger partial charge in [0.05, 0.1) is 7.11 Å². The van der Waals surface area contributed by atoms with Gasteiger partial charge in [0, 0.05) is 0 Å². The molecule has 0 saturated carbocycles. The topological polar surface area (TPSA) is 47.6 Å². The van der Waals surface area contributed by atoms with E-state index in [1.54, 1.807) is 6.08 Å². The number of allylic oxidation sites excluding steroid dienone is 1. The van der Waals surface area contributed by atoms with E-state index in [1.165, 1.54) is 7.11 Å². The van der Waals surface area contributed by atoms with Crippen LogP contribution in [-0.2, 0) is 9.57 Å². The van der Waals surface area contributed by atoms with Crippen LogP contribution in [0.25, 0.3) is 0 Å². The lowest BCUT2D eigenvalue weighted by atomic mass is 10.4. The number of hydrogen-bond acceptors (Lipinski definition) is 3. The quantitative estimate of drug-likeness (QED) is 0.496. The third-order valence-electron chi connectivity index (χ3n) is 0.898. The van der Waals surface area contributed by atoms with Crippen LogP contribution in [0.1, 0.15) is 13.3 Å². The highest BCUT2D eigenvalue weighted by Crippen LogP contribution is 1.82. The number of carbonyl (C=O) groups is 1. The molecule has 0 aromatic rings. The lowest BCUT2D eigenvalue weighted by Crippen LogP contribution is -2.22. The summed E-state index contributed by atoms with van der Waals surface area (Å²) >= 11 is 0. The van der Waals surface area contributed by atoms with Crippen molar-refractivity contribution in [2.75, 3.05) is 13.7 Å². The first-order valence-corrected chi connectivity index (χ1v) is 3.42. The Morgan fingerprint density at radius 3 is 2.82 bits per heavy atom. The van der Waals surface area contributed by atoms with Crippen LogP contribution in [0, 0.1) is 0 Å². The molecule has 4 heteroatoms. The zero-order valence-corrected chi connectivity index (χ0v) is 6.79. The average molecular weight is 159 g/mol. The van der Waals surface area contributed by atoms with Gasteiger partial charge in [-0.15, -0.1) is 0 Å². The number of hydroxylamine groups is 1. The number of ether oxygens (including phenoxy) is 1. The standard InChI is InChI=1S/C7H13NO3/c1-3-4-5-6-11-7(9)8-10-2/h4-5H,3,6H2,1-2H3,(H,8,9)/b5-4-. The molecule has 0 spiro atoms. The minimum absolute atomic E-state index is 0.281. The number of hydrogen-bond donors (Lipinski definition) is 1. The molecule has 0 rings (SSSR count). The first kappa shape index (κ1) is 9.97. The van der Waals surface area contributed by atoms with Crippen molar-refractivity contribution < 1.29 is 14.4 Å². The molecule has 0 bridgehead atoms. The number of rotatable bonds is 4. The fraction of sp³-hybridized carbons (Fsp3) is 0.571. The molecule has 0 aliphatic heterocycles. The zero-order valence-electron chi connectivity index (χ0n) is 6.79. The molecule has 0 saturated heterocycles. The monoisotopic (exact) mass is 159 g/mol. The third-order valence-corrected chi connectivity index (χ3v) is 0.898. The maximum absolute atomic E-state index is 10.5. The molecule has 11 heavy (non-hydrogen) atoms. The molecule has 0 aliphatic carbocycles. The number of amides is 1. The highest BCUT2D eigenvalue weighted by molar-refractivity contribution is 5.65. The molecule has 0 atom stereocenters. The first-order valence-electron chi connectivity index (χ1n) is 3.42. The van der Waals surface area contributed by atoms with E-state index in [1.807, 2.05) is 18.5 Å². The minimum atomic E-state index is -0.576. The maximum atomic E-state index is 10.5. The van der Waals surface area contributed by atoms with Crippen molar-refractivity contribution in [3.63, 3.8) is 0 Å². The Hall–Kier alpha value is -1.03. The second-order valence-electron chi connectivity index (χ2n) is 1.78. The van der Waals surface area contributed by atoms with E-state index in [0.29, 0.717) is 0 Å². The molecule has 0 radical (unpaired) electrons. The van der Waals surface area contributed by atoms with Crippen LogP contribution >= 0.6 is 0 Å². The Labute approximate surface area is 66.1 Å². The van der Waals surface area contributed by atoms with Crippen molar-refractivity contribution in [2.45, 2.75) is 13.3 Å². The average Bonchev–Trinajstić information content (AvgIpc) is 1.99. The summed E-state index contributed by atoms with van der Waals surface area (Å²) in [5.41, 5.74) is 2.03. The van der Waals surface area contributed by atoms with E-state index in [0.717, 1.165) is 6.42 Å². The van der Waals surface area contributed by atoms with Gasteiger partial charge in [-0.2, -0.15) is 5.48 Å². The Kier molecular flexibility index (Phi) is 6.42. The van der Waals surface area contributed by atoms with E-state index in [9.17, 15) is 4.79 Å². The van der Waals surface area contributed by atoms with Gasteiger partial charge in [-0.3, -0.25) is 4.84 Å². The molecule has 0 fully saturated rings. The van der Waals surface area contributed by atoms with Crippen LogP contribution in [0.5, 0.6) is 0 Å². The summed E-state index contributed by atoms with van der Waals surface area (Å²) in [6.45, 7) is 2.29. The molecule has 64 valence electrons. The second-order valence-corrected chi connectivity index (χ2v) is 1.78. The Balaban J connectivity index is 3.24. The highest BCUT2D eigenvalue weighted by Gasteiger charge is 1.95. The largest absolute Gasteiger partial charge is 0.444 e. The van der Waals surface area contributed by atoms with Gasteiger partial charge in [0.15, 0.2) is 0 Å². The van der Waals surface area contributed by atoms with Gasteiger partial charge >= 0.3 is 6.09 Å². The molecular weight excluding hydrogens is 146 g/mol. The Bertz CT molecular complexity index is 134. The molecular formula is C7H13NO3. The fourth-order valence-electron chi connectivity index (χ4n) is 0.471. The third kappa shape index (κ3) is 6.86. The Morgan fingerprint density at radius 2 is 2.27 bits per heavy atom. The van der Waals surface area contributed by atoms with Crippen molar-refractivity contribution >= 4 is 6.09 Å². The lowest BCUT2D eigenvalue weighted by Gasteiger charge is -2.00. The van der Waals surface area contributed by atoms with Gasteiger partial charge in [0.1, 0.15) is 6.61 Å². The highest BCUT2D eigenvalue weighted by atomic mass is 16.7. The van der Waals surface area contributed by atoms with Crippen LogP contribution in [0.2, 0.25) is 0 Å². The van der Waals surface area contributed by atoms with E-state index in [2.05, 4.69) is 9.57 Å². The van der Waals surface area contributed by atoms with Crippen molar-refractivity contribution in [1.29, 1.82) is 0 Å². The lowest BCUT2D eigenvalue weighted by molar-refractivity contribution is 0.0638. The normalized spacial score (nSPS) is 10.0. The summed E-state index contributed by atoms with van der Waals surface area (Å²) in [5.74, 6) is 0. The number of nitrogens with one attached hydrogen (secondary N) is 1. The van der Waals surface area contributed by atoms with Crippen LogP contribution < -0.4 is 5.48 Å². The van der Waals surface area contributed by atoms with Crippen LogP contribution in [0.4, 0.5) is 4.79 Å². The van der Waals surface area contributed by atoms with Gasteiger partial charge < -0.3 is 4.74 Å². The molecule has 1 N–H and O–H groups in total. The number of carbonyl (C=O) groups excluding carboxylic acids is 1. The summed E-state index contributed by atoms with van der Waals surface area (Å²) in [4.78, 5) is 14.8. The summed E-state index contributed by atoms with van der Waals surface area (Å²) in [6.07, 6.45) is 4.05. The molecule has 1 amide bonds. The van der Waals surface area contributed by atoms with Gasteiger partial charge in [-0.1, -0.05) is 19.1 Å². The van der Waals surface area contributed by atoms with Crippen LogP contribution in [-0.4, -0.2) is 19.8 Å². The second kappa shape index (κ2) is 7.08. The molecule has 0 heterocycles. The molecule has 0 aromatic heterocycles. The SMILES string of the molecule is CC/C=C\COC(=O)NOC. The van der Waals surface area contributed by atoms with Crippen LogP contribution in [0.15, 0.2) is 12.2 Å². The van der Waals surface area contributed by atoms with Crippen molar-refractivity contribution in [3.05, 3.63) is 12.2 Å². The van der Waals surface area contributed by atoms with Gasteiger partial charge in [-0.25, -0.2) is 4.79 Å². The predicted molar refractivity (Wildman–Crippen MR) is 40.9 cm³/mol. The first-order chi connectivity index (χ1) is 5.31. The van der Waals surface area contributed by atoms with Crippen LogP contribution in [0.3, 0.4) is 0 Å². The minimum Gasteiger partial charge on any atom is -0.444 e. The summed E-state index contributed by atoms with van der Waals surface area (Å²) in [7, 11) is 1.35. The Morgan fingerprint density at radius 1 is 1.55 bits per heavy atom. The summed E-state index contributed by atoms with van der Waals surface area (Å²) in [5, 5.41) is 0. The van der Waals surface area contributed by atoms with E-state index < -0.39 is 6.09 Å². The summed E-state index contributed by atoms with van der Waals surface area (Å²) < 4.78 is 4.62. The molecule has 0 aliphatic rings. The van der Waals surface area contributed by atoms with E-state index in [-0.39, 0.29) is 6.61 Å². The summed E-state index contributed by atoms with van der Waals surface area (Å²) in [6, 6.07) is 0. The zero-order chi connectivity index (χ0) is 8.53. The predicted octanol–water partition coefficient (Wildman–Crippen LogP) is 1.24. The molecule has 0 unspecified atom stereocenters.